The molecule has 1 unspecified atom stereocenters. The topological polar surface area (TPSA) is 41.6 Å². The van der Waals surface area contributed by atoms with Gasteiger partial charge in [0.15, 0.2) is 0 Å². The summed E-state index contributed by atoms with van der Waals surface area (Å²) in [7, 11) is 1.96. The van der Waals surface area contributed by atoms with Crippen LogP contribution in [0.1, 0.15) is 25.7 Å². The summed E-state index contributed by atoms with van der Waals surface area (Å²) in [4.78, 5) is 14.1. The van der Waals surface area contributed by atoms with Gasteiger partial charge in [0.25, 0.3) is 0 Å². The number of halogens is 1. The van der Waals surface area contributed by atoms with Gasteiger partial charge in [-0.25, -0.2) is 0 Å². The molecule has 1 N–H and O–H groups in total. The van der Waals surface area contributed by atoms with Gasteiger partial charge in [-0.3, -0.25) is 4.79 Å². The predicted molar refractivity (Wildman–Crippen MR) is 87.1 cm³/mol. The van der Waals surface area contributed by atoms with Crippen LogP contribution in [0.2, 0.25) is 0 Å². The maximum atomic E-state index is 12.1. The van der Waals surface area contributed by atoms with Gasteiger partial charge in [-0.2, -0.15) is 0 Å². The van der Waals surface area contributed by atoms with Crippen LogP contribution in [0.5, 0.6) is 5.75 Å². The molecular formula is C16H25ClN2O2. The number of nitrogens with one attached hydrogen (secondary N) is 1. The van der Waals surface area contributed by atoms with Crippen LogP contribution in [0, 0.1) is 0 Å². The number of amides is 1. The Balaban J connectivity index is 0.00000220. The minimum atomic E-state index is 0. The maximum absolute atomic E-state index is 12.1. The summed E-state index contributed by atoms with van der Waals surface area (Å²) < 4.78 is 5.60. The summed E-state index contributed by atoms with van der Waals surface area (Å²) in [5.41, 5.74) is 0. The molecule has 5 heteroatoms. The SMILES string of the molecule is CNC1CCCN(C(=O)CCCOc2ccccc2)C1.Cl. The van der Waals surface area contributed by atoms with E-state index >= 15 is 0 Å². The Morgan fingerprint density at radius 1 is 1.38 bits per heavy atom. The van der Waals surface area contributed by atoms with E-state index in [-0.39, 0.29) is 18.3 Å². The number of piperidine rings is 1. The van der Waals surface area contributed by atoms with E-state index in [9.17, 15) is 4.79 Å². The lowest BCUT2D eigenvalue weighted by molar-refractivity contribution is -0.132. The van der Waals surface area contributed by atoms with E-state index in [1.807, 2.05) is 42.3 Å². The van der Waals surface area contributed by atoms with Crippen LogP contribution in [0.15, 0.2) is 30.3 Å². The number of rotatable bonds is 6. The predicted octanol–water partition coefficient (Wildman–Crippen LogP) is 2.48. The van der Waals surface area contributed by atoms with E-state index in [1.165, 1.54) is 0 Å². The Hall–Kier alpha value is -1.26. The highest BCUT2D eigenvalue weighted by molar-refractivity contribution is 5.85. The van der Waals surface area contributed by atoms with Crippen LogP contribution >= 0.6 is 12.4 Å². The Labute approximate surface area is 133 Å². The second-order valence-electron chi connectivity index (χ2n) is 5.23. The van der Waals surface area contributed by atoms with Gasteiger partial charge in [-0.15, -0.1) is 12.4 Å². The minimum Gasteiger partial charge on any atom is -0.494 e. The van der Waals surface area contributed by atoms with Crippen LogP contribution in [0.3, 0.4) is 0 Å². The number of nitrogens with zero attached hydrogens (tertiary/aromatic N) is 1. The van der Waals surface area contributed by atoms with Crippen molar-refractivity contribution in [1.29, 1.82) is 0 Å². The lowest BCUT2D eigenvalue weighted by Crippen LogP contribution is -2.46. The number of likely N-dealkylation sites (N-methyl/N-ethyl adjacent to an activating group) is 1. The van der Waals surface area contributed by atoms with Gasteiger partial charge in [0, 0.05) is 25.6 Å². The van der Waals surface area contributed by atoms with Crippen molar-refractivity contribution in [2.75, 3.05) is 26.7 Å². The summed E-state index contributed by atoms with van der Waals surface area (Å²) in [5, 5.41) is 3.26. The molecule has 0 aliphatic carbocycles. The van der Waals surface area contributed by atoms with Crippen molar-refractivity contribution >= 4 is 18.3 Å². The normalized spacial score (nSPS) is 18.0. The third-order valence-corrected chi connectivity index (χ3v) is 3.73. The van der Waals surface area contributed by atoms with Crippen LogP contribution < -0.4 is 10.1 Å². The molecule has 0 spiro atoms. The third kappa shape index (κ3) is 5.94. The van der Waals surface area contributed by atoms with Gasteiger partial charge in [-0.1, -0.05) is 18.2 Å². The molecule has 118 valence electrons. The number of likely N-dealkylation sites (tertiary alicyclic amines) is 1. The standard InChI is InChI=1S/C16H24N2O2.ClH/c1-17-14-7-5-11-18(13-14)16(19)10-6-12-20-15-8-3-2-4-9-15;/h2-4,8-9,14,17H,5-7,10-13H2,1H3;1H. The summed E-state index contributed by atoms with van der Waals surface area (Å²) in [5.74, 6) is 1.12. The van der Waals surface area contributed by atoms with Crippen molar-refractivity contribution in [3.05, 3.63) is 30.3 Å². The van der Waals surface area contributed by atoms with Crippen molar-refractivity contribution in [3.8, 4) is 5.75 Å². The maximum Gasteiger partial charge on any atom is 0.222 e. The molecule has 1 saturated heterocycles. The van der Waals surface area contributed by atoms with Gasteiger partial charge in [0.1, 0.15) is 5.75 Å². The number of ether oxygens (including phenoxy) is 1. The highest BCUT2D eigenvalue weighted by Crippen LogP contribution is 2.12. The lowest BCUT2D eigenvalue weighted by Gasteiger charge is -2.32. The first-order valence-corrected chi connectivity index (χ1v) is 7.42. The minimum absolute atomic E-state index is 0. The second kappa shape index (κ2) is 9.64. The van der Waals surface area contributed by atoms with Crippen LogP contribution in [-0.4, -0.2) is 43.6 Å². The summed E-state index contributed by atoms with van der Waals surface area (Å²) in [6, 6.07) is 10.2. The van der Waals surface area contributed by atoms with Crippen molar-refractivity contribution in [3.63, 3.8) is 0 Å². The molecule has 0 saturated carbocycles. The molecule has 0 aromatic heterocycles. The number of para-hydroxylation sites is 1. The molecular weight excluding hydrogens is 288 g/mol. The second-order valence-corrected chi connectivity index (χ2v) is 5.23. The zero-order valence-electron chi connectivity index (χ0n) is 12.6. The Kier molecular flexibility index (Phi) is 8.16. The Bertz CT molecular complexity index is 414. The molecule has 1 aromatic rings. The van der Waals surface area contributed by atoms with Crippen molar-refractivity contribution in [1.82, 2.24) is 10.2 Å². The van der Waals surface area contributed by atoms with Crippen LogP contribution in [0.4, 0.5) is 0 Å². The molecule has 1 heterocycles. The molecule has 21 heavy (non-hydrogen) atoms. The summed E-state index contributed by atoms with van der Waals surface area (Å²) >= 11 is 0. The average molecular weight is 313 g/mol. The summed E-state index contributed by atoms with van der Waals surface area (Å²) in [6.45, 7) is 2.34. The van der Waals surface area contributed by atoms with Gasteiger partial charge in [-0.05, 0) is 38.4 Å². The fraction of sp³-hybridized carbons (Fsp3) is 0.562. The fourth-order valence-corrected chi connectivity index (χ4v) is 2.53. The molecule has 1 amide bonds. The van der Waals surface area contributed by atoms with Crippen molar-refractivity contribution in [2.45, 2.75) is 31.7 Å². The number of hydrogen-bond acceptors (Lipinski definition) is 3. The molecule has 1 aliphatic heterocycles. The number of benzene rings is 1. The van der Waals surface area contributed by atoms with Gasteiger partial charge < -0.3 is 15.0 Å². The van der Waals surface area contributed by atoms with Crippen molar-refractivity contribution in [2.24, 2.45) is 0 Å². The first kappa shape index (κ1) is 17.8. The van der Waals surface area contributed by atoms with E-state index < -0.39 is 0 Å². The average Bonchev–Trinajstić information content (AvgIpc) is 2.52. The molecule has 1 atom stereocenters. The molecule has 1 fully saturated rings. The van der Waals surface area contributed by atoms with E-state index in [4.69, 9.17) is 4.74 Å². The van der Waals surface area contributed by atoms with E-state index in [0.717, 1.165) is 38.1 Å². The molecule has 1 aromatic carbocycles. The monoisotopic (exact) mass is 312 g/mol. The van der Waals surface area contributed by atoms with Gasteiger partial charge in [0.05, 0.1) is 6.61 Å². The van der Waals surface area contributed by atoms with Crippen LogP contribution in [-0.2, 0) is 4.79 Å². The number of carbonyl (C=O) groups is 1. The highest BCUT2D eigenvalue weighted by Gasteiger charge is 2.21. The number of hydrogen-bond donors (Lipinski definition) is 1. The van der Waals surface area contributed by atoms with Gasteiger partial charge in [0.2, 0.25) is 5.91 Å². The van der Waals surface area contributed by atoms with E-state index in [2.05, 4.69) is 5.32 Å². The smallest absolute Gasteiger partial charge is 0.222 e. The molecule has 0 bridgehead atoms. The zero-order chi connectivity index (χ0) is 14.2. The fourth-order valence-electron chi connectivity index (χ4n) is 2.53. The van der Waals surface area contributed by atoms with Crippen LogP contribution in [0.25, 0.3) is 0 Å². The first-order chi connectivity index (χ1) is 9.79. The lowest BCUT2D eigenvalue weighted by atomic mass is 10.1. The quantitative estimate of drug-likeness (QED) is 0.821. The zero-order valence-corrected chi connectivity index (χ0v) is 13.4. The first-order valence-electron chi connectivity index (χ1n) is 7.42. The molecule has 1 aliphatic rings. The Morgan fingerprint density at radius 3 is 2.86 bits per heavy atom. The molecule has 4 nitrogen and oxygen atoms in total. The highest BCUT2D eigenvalue weighted by atomic mass is 35.5. The largest absolute Gasteiger partial charge is 0.494 e. The number of carbonyl (C=O) groups excluding carboxylic acids is 1. The molecule has 2 rings (SSSR count). The molecule has 0 radical (unpaired) electrons. The Morgan fingerprint density at radius 2 is 2.14 bits per heavy atom. The third-order valence-electron chi connectivity index (χ3n) is 3.73. The van der Waals surface area contributed by atoms with E-state index in [1.54, 1.807) is 0 Å². The van der Waals surface area contributed by atoms with E-state index in [0.29, 0.717) is 19.1 Å². The van der Waals surface area contributed by atoms with Gasteiger partial charge >= 0.3 is 0 Å². The summed E-state index contributed by atoms with van der Waals surface area (Å²) in [6.07, 6.45) is 3.60. The van der Waals surface area contributed by atoms with Crippen molar-refractivity contribution < 1.29 is 9.53 Å².